The van der Waals surface area contributed by atoms with Crippen LogP contribution in [-0.2, 0) is 96.0 Å². The fourth-order valence-corrected chi connectivity index (χ4v) is 12.9. The summed E-state index contributed by atoms with van der Waals surface area (Å²) in [6.07, 6.45) is -15.7. The van der Waals surface area contributed by atoms with Crippen LogP contribution in [0.2, 0.25) is 0 Å². The zero-order valence-corrected chi connectivity index (χ0v) is 65.5. The molecule has 43 heteroatoms. The Labute approximate surface area is 681 Å². The Hall–Kier alpha value is -11.5. The van der Waals surface area contributed by atoms with E-state index in [2.05, 4.69) is 69.1 Å². The van der Waals surface area contributed by atoms with Crippen molar-refractivity contribution in [2.45, 2.75) is 194 Å². The van der Waals surface area contributed by atoms with Crippen molar-refractivity contribution in [1.29, 1.82) is 0 Å². The van der Waals surface area contributed by atoms with E-state index in [1.807, 2.05) is 10.6 Å². The topological polar surface area (TPSA) is 676 Å². The van der Waals surface area contributed by atoms with Gasteiger partial charge in [-0.1, -0.05) is 119 Å². The first-order chi connectivity index (χ1) is 55.9. The lowest BCUT2D eigenvalue weighted by molar-refractivity contribution is -0.780. The molecular formula is C75H97BrN16O26. The molecule has 4 bridgehead atoms. The Bertz CT molecular complexity index is 4330. The number of carbonyl (C=O) groups is 15. The number of aliphatic hydroxyl groups excluding tert-OH is 9. The number of primary amides is 2. The first kappa shape index (κ1) is 93.6. The highest BCUT2D eigenvalue weighted by atomic mass is 79.9. The second-order valence-corrected chi connectivity index (χ2v) is 29.3. The van der Waals surface area contributed by atoms with Crippen LogP contribution in [0.3, 0.4) is 0 Å². The van der Waals surface area contributed by atoms with Crippen LogP contribution in [0.25, 0.3) is 6.08 Å². The first-order valence-corrected chi connectivity index (χ1v) is 37.9. The van der Waals surface area contributed by atoms with Crippen molar-refractivity contribution in [2.24, 2.45) is 11.5 Å². The van der Waals surface area contributed by atoms with Crippen molar-refractivity contribution < 1.29 is 132 Å². The number of hydrogen-bond donors (Lipinski definition) is 23. The monoisotopic (exact) mass is 1720 g/mol. The van der Waals surface area contributed by atoms with E-state index in [9.17, 15) is 113 Å². The van der Waals surface area contributed by atoms with E-state index in [0.717, 1.165) is 28.6 Å². The van der Waals surface area contributed by atoms with Crippen LogP contribution in [0.1, 0.15) is 87.4 Å². The number of nitrogens with two attached hydrogens (primary N) is 2. The number of allylic oxidation sites excluding steroid dienone is 2. The summed E-state index contributed by atoms with van der Waals surface area (Å²) >= 11 is 3.29. The lowest BCUT2D eigenvalue weighted by atomic mass is 9.92. The summed E-state index contributed by atoms with van der Waals surface area (Å²) in [6.45, 7) is -1.48. The van der Waals surface area contributed by atoms with Crippen LogP contribution in [0.4, 0.5) is 0 Å². The molecular weight excluding hydrogens is 1620 g/mol. The highest BCUT2D eigenvalue weighted by Gasteiger charge is 2.46. The minimum absolute atomic E-state index is 0.288. The fraction of sp³-hybridized carbons (Fsp3) is 0.467. The minimum Gasteiger partial charge on any atom is -0.548 e. The Balaban J connectivity index is 1.43. The van der Waals surface area contributed by atoms with Crippen LogP contribution in [0, 0.1) is 0 Å². The number of imidazole rings is 1. The summed E-state index contributed by atoms with van der Waals surface area (Å²) in [5.41, 5.74) is 12.5. The number of nitrogens with one attached hydrogen (secondary N) is 12. The molecule has 14 amide bonds. The number of carboxylic acids is 1. The van der Waals surface area contributed by atoms with Gasteiger partial charge in [0.25, 0.3) is 5.91 Å². The van der Waals surface area contributed by atoms with E-state index in [1.54, 1.807) is 79.7 Å². The number of nitrogens with zero attached hydrogens (tertiary/aromatic N) is 2. The SMILES string of the molecule is CC(/C=C/c1ccccc1)=C\[C@H](O)[C@@H]1CC(=O)N[C@@H](CO)C(=O)N[C@@H]2Cn3cc([n+]([C@H]4OC[C@@H](O)[C@@H](O)[C@@H]4O)c3)C[C@H](NC(=O)CCC[C@@H](C(=O)[O-])NC(=O)[C@H](O)CNC(=O)[C@H]([C@@H](C)c3ccc(Br)cc3)NC(=O)[C@H]([C@@H](O)C(N)=O)NC(=O)[C@H](CC(N)=O)NC2=O)C(=O)N[C@@H]([C@@H](C)O)C(=O)N[C@@H](CO)C(=O)N[C@@H](Cc2ccccc2)C(=O)N1. The highest BCUT2D eigenvalue weighted by molar-refractivity contribution is 9.10. The molecule has 118 heavy (non-hydrogen) atoms. The van der Waals surface area contributed by atoms with Crippen LogP contribution in [0.5, 0.6) is 0 Å². The van der Waals surface area contributed by atoms with Gasteiger partial charge in [-0.15, -0.1) is 0 Å². The average molecular weight is 1720 g/mol. The van der Waals surface area contributed by atoms with E-state index < -0.39 is 281 Å². The standard InChI is InChI=1S/C75H97BrN16O26/c1-35(17-18-38-11-6-4-7-12-38)23-51(96)44-27-56(101)81-49(31-93)68(110)86-48-30-91-29-42(92(34-91)74-62(104)60(102)53(98)33-118-74)25-46(65(107)89-58(37(3)95)72(114)87-50(32-94)69(111)84-45(64(106)83-44)24-39-13-8-5-9-14-39)80-55(100)16-10-15-43(75(116)117)82-70(112)52(97)28-79-71(113)57(36(2)40-19-21-41(76)22-20-40)88-73(115)59(61(103)63(78)105)90-66(108)47(26-54(77)99)85-67(48)109/h4-9,11-14,17-23,29,34,36-37,43-53,57-62,74,93-98,102-104H,10,15-16,24-28,30-33H2,1-3H3,(H16-,77,78,79,80,81,82,83,84,85,86,87,88,89,90,99,100,101,105,106,107,108,109,110,111,112,113,114,115,116,117)/b18-17+,35-23+/t36-,37+,43-,44-,45-,46-,47-,48+,49-,50-,51-,52+,53+,57-,58-,59-,60+,61+,62-,74-/m0/s1. The molecule has 1 aromatic heterocycles. The first-order valence-electron chi connectivity index (χ1n) is 37.2. The summed E-state index contributed by atoms with van der Waals surface area (Å²) in [6, 6.07) is -0.456. The van der Waals surface area contributed by atoms with Gasteiger partial charge in [0.2, 0.25) is 89.3 Å². The molecule has 20 atom stereocenters. The number of carboxylic acid groups (broad SMARTS) is 1. The molecule has 0 unspecified atom stereocenters. The number of carbonyl (C=O) groups excluding carboxylic acids is 15. The summed E-state index contributed by atoms with van der Waals surface area (Å²) < 4.78 is 8.27. The normalized spacial score (nSPS) is 28.0. The Kier molecular flexibility index (Phi) is 35.0. The molecule has 4 aromatic rings. The molecule has 640 valence electrons. The van der Waals surface area contributed by atoms with Gasteiger partial charge < -0.3 is 136 Å². The predicted octanol–water partition coefficient (Wildman–Crippen LogP) is -11.0. The molecule has 0 radical (unpaired) electrons. The third-order valence-electron chi connectivity index (χ3n) is 19.3. The third-order valence-corrected chi connectivity index (χ3v) is 19.8. The van der Waals surface area contributed by atoms with Gasteiger partial charge in [0.15, 0.2) is 6.10 Å². The highest BCUT2D eigenvalue weighted by Crippen LogP contribution is 2.25. The molecule has 0 spiro atoms. The second kappa shape index (κ2) is 44.2. The zero-order chi connectivity index (χ0) is 86.9. The van der Waals surface area contributed by atoms with Gasteiger partial charge in [0.1, 0.15) is 97.2 Å². The molecule has 0 saturated carbocycles. The van der Waals surface area contributed by atoms with E-state index in [0.29, 0.717) is 21.2 Å². The number of halogens is 1. The van der Waals surface area contributed by atoms with Crippen molar-refractivity contribution in [2.75, 3.05) is 26.4 Å². The van der Waals surface area contributed by atoms with Gasteiger partial charge >= 0.3 is 0 Å². The maximum Gasteiger partial charge on any atom is 0.251 e. The van der Waals surface area contributed by atoms with Crippen molar-refractivity contribution in [3.63, 3.8) is 0 Å². The van der Waals surface area contributed by atoms with Gasteiger partial charge in [-0.2, -0.15) is 0 Å². The van der Waals surface area contributed by atoms with E-state index in [-0.39, 0.29) is 17.7 Å². The van der Waals surface area contributed by atoms with Crippen molar-refractivity contribution >= 4 is 111 Å². The number of amides is 14. The van der Waals surface area contributed by atoms with Gasteiger partial charge in [-0.3, -0.25) is 67.1 Å². The van der Waals surface area contributed by atoms with Gasteiger partial charge in [-0.05, 0) is 55.5 Å². The second-order valence-electron chi connectivity index (χ2n) is 28.4. The molecule has 42 nitrogen and oxygen atoms in total. The molecule has 3 aliphatic heterocycles. The summed E-state index contributed by atoms with van der Waals surface area (Å²) in [7, 11) is 0. The van der Waals surface area contributed by atoms with Gasteiger partial charge in [0.05, 0.1) is 63.0 Å². The van der Waals surface area contributed by atoms with Crippen LogP contribution >= 0.6 is 15.9 Å². The number of aliphatic hydroxyl groups is 9. The molecule has 3 aliphatic rings. The van der Waals surface area contributed by atoms with Crippen LogP contribution < -0.4 is 84.9 Å². The fourth-order valence-electron chi connectivity index (χ4n) is 12.7. The number of fused-ring (bicyclic) bond motifs is 2. The average Bonchev–Trinajstić information content (AvgIpc) is 1.60. The Morgan fingerprint density at radius 2 is 1.20 bits per heavy atom. The summed E-state index contributed by atoms with van der Waals surface area (Å²) in [4.78, 5) is 214. The van der Waals surface area contributed by atoms with Crippen LogP contribution in [0.15, 0.2) is 120 Å². The molecule has 25 N–H and O–H groups in total. The number of hydrogen-bond acceptors (Lipinski definition) is 26. The quantitative estimate of drug-likeness (QED) is 0.0345. The minimum atomic E-state index is -2.75. The van der Waals surface area contributed by atoms with Gasteiger partial charge in [-0.25, -0.2) is 9.13 Å². The van der Waals surface area contributed by atoms with Gasteiger partial charge in [0, 0.05) is 36.1 Å². The number of benzene rings is 3. The zero-order valence-electron chi connectivity index (χ0n) is 63.9. The maximum atomic E-state index is 15.3. The predicted molar refractivity (Wildman–Crippen MR) is 408 cm³/mol. The molecule has 7 rings (SSSR count). The van der Waals surface area contributed by atoms with E-state index in [1.165, 1.54) is 37.3 Å². The molecule has 0 aliphatic carbocycles. The molecule has 4 heterocycles. The Morgan fingerprint density at radius 1 is 0.627 bits per heavy atom. The van der Waals surface area contributed by atoms with Crippen molar-refractivity contribution in [3.05, 3.63) is 142 Å². The smallest absolute Gasteiger partial charge is 0.251 e. The molecule has 1 fully saturated rings. The summed E-state index contributed by atoms with van der Waals surface area (Å²) in [5, 5.41) is 141. The lowest BCUT2D eigenvalue weighted by Gasteiger charge is -2.33. The summed E-state index contributed by atoms with van der Waals surface area (Å²) in [5.74, 6) is -22.8. The van der Waals surface area contributed by atoms with Crippen molar-refractivity contribution in [3.8, 4) is 0 Å². The lowest BCUT2D eigenvalue weighted by Crippen LogP contribution is -2.64. The number of ether oxygens (including phenoxy) is 1. The number of aliphatic carboxylic acids is 1. The van der Waals surface area contributed by atoms with Crippen molar-refractivity contribution in [1.82, 2.24) is 68.4 Å². The van der Waals surface area contributed by atoms with E-state index in [4.69, 9.17) is 16.2 Å². The third kappa shape index (κ3) is 27.0. The van der Waals surface area contributed by atoms with Crippen LogP contribution in [-0.4, -0.2) is 275 Å². The maximum absolute atomic E-state index is 15.3. The molecule has 3 aromatic carbocycles. The van der Waals surface area contributed by atoms with E-state index >= 15 is 9.59 Å². The Morgan fingerprint density at radius 3 is 1.83 bits per heavy atom. The number of rotatable bonds is 17. The number of aromatic nitrogens is 2. The molecule has 1 saturated heterocycles. The number of β-amino-alcohol motifs (C(OH)–C–C–N with tert-alkyl or cyclic N) is 1. The largest absolute Gasteiger partial charge is 0.548 e.